The molecule has 0 aliphatic rings. The highest BCUT2D eigenvalue weighted by Crippen LogP contribution is 2.24. The smallest absolute Gasteiger partial charge is 0.251 e. The Kier molecular flexibility index (Phi) is 5.38. The zero-order valence-corrected chi connectivity index (χ0v) is 15.9. The molecule has 4 aromatic rings. The van der Waals surface area contributed by atoms with E-state index < -0.39 is 0 Å². The van der Waals surface area contributed by atoms with Crippen molar-refractivity contribution in [1.29, 1.82) is 0 Å². The topological polar surface area (TPSA) is 82.2 Å². The highest BCUT2D eigenvalue weighted by Gasteiger charge is 2.10. The number of nitrogens with one attached hydrogen (secondary N) is 1. The Morgan fingerprint density at radius 3 is 2.79 bits per heavy atom. The van der Waals surface area contributed by atoms with Crippen LogP contribution >= 0.6 is 0 Å². The van der Waals surface area contributed by atoms with E-state index in [0.29, 0.717) is 23.6 Å². The predicted molar refractivity (Wildman–Crippen MR) is 107 cm³/mol. The van der Waals surface area contributed by atoms with Crippen LogP contribution in [0.4, 0.5) is 0 Å². The van der Waals surface area contributed by atoms with Crippen molar-refractivity contribution in [3.05, 3.63) is 90.1 Å². The lowest BCUT2D eigenvalue weighted by Gasteiger charge is -2.05. The molecule has 7 nitrogen and oxygen atoms in total. The molecule has 2 heterocycles. The summed E-state index contributed by atoms with van der Waals surface area (Å²) in [6.07, 6.45) is 5.40. The van der Waals surface area contributed by atoms with Gasteiger partial charge in [-0.05, 0) is 29.8 Å². The molecule has 0 unspecified atom stereocenters. The number of methoxy groups -OCH3 is 1. The lowest BCUT2D eigenvalue weighted by molar-refractivity contribution is 0.0950. The maximum Gasteiger partial charge on any atom is 0.251 e. The summed E-state index contributed by atoms with van der Waals surface area (Å²) >= 11 is 0. The minimum Gasteiger partial charge on any atom is -0.497 e. The van der Waals surface area contributed by atoms with Gasteiger partial charge in [0.05, 0.1) is 20.0 Å². The highest BCUT2D eigenvalue weighted by atomic mass is 16.5. The zero-order valence-electron chi connectivity index (χ0n) is 15.9. The predicted octanol–water partition coefficient (Wildman–Crippen LogP) is 3.53. The Hall–Kier alpha value is -3.87. The Bertz CT molecular complexity index is 1090. The quantitative estimate of drug-likeness (QED) is 0.524. The third-order valence-electron chi connectivity index (χ3n) is 4.48. The van der Waals surface area contributed by atoms with Crippen molar-refractivity contribution in [3.63, 3.8) is 0 Å². The minimum atomic E-state index is -0.162. The third-order valence-corrected chi connectivity index (χ3v) is 4.48. The van der Waals surface area contributed by atoms with Crippen LogP contribution in [0.2, 0.25) is 0 Å². The molecule has 7 heteroatoms. The summed E-state index contributed by atoms with van der Waals surface area (Å²) in [5.41, 5.74) is 3.20. The van der Waals surface area contributed by atoms with Crippen LogP contribution in [-0.2, 0) is 13.1 Å². The molecular formula is C22H20N4O3. The van der Waals surface area contributed by atoms with Crippen LogP contribution in [0.5, 0.6) is 5.75 Å². The van der Waals surface area contributed by atoms with E-state index >= 15 is 0 Å². The molecule has 1 N–H and O–H groups in total. The van der Waals surface area contributed by atoms with Gasteiger partial charge in [0.2, 0.25) is 0 Å². The summed E-state index contributed by atoms with van der Waals surface area (Å²) in [7, 11) is 1.62. The van der Waals surface area contributed by atoms with E-state index in [0.717, 1.165) is 16.9 Å². The van der Waals surface area contributed by atoms with Gasteiger partial charge in [-0.25, -0.2) is 4.98 Å². The first kappa shape index (κ1) is 18.5. The molecule has 146 valence electrons. The molecule has 4 rings (SSSR count). The minimum absolute atomic E-state index is 0.162. The average molecular weight is 388 g/mol. The molecule has 2 aromatic heterocycles. The second kappa shape index (κ2) is 8.43. The number of benzene rings is 2. The summed E-state index contributed by atoms with van der Waals surface area (Å²) in [6.45, 7) is 0.997. The number of nitrogens with zero attached hydrogens (tertiary/aromatic N) is 3. The normalized spacial score (nSPS) is 10.7. The van der Waals surface area contributed by atoms with Crippen molar-refractivity contribution in [2.45, 2.75) is 13.1 Å². The van der Waals surface area contributed by atoms with E-state index in [4.69, 9.17) is 9.26 Å². The summed E-state index contributed by atoms with van der Waals surface area (Å²) < 4.78 is 12.6. The number of carbonyl (C=O) groups is 1. The molecule has 0 aliphatic carbocycles. The van der Waals surface area contributed by atoms with Crippen LogP contribution in [0, 0.1) is 0 Å². The number of hydrogen-bond acceptors (Lipinski definition) is 5. The maximum absolute atomic E-state index is 12.4. The zero-order chi connectivity index (χ0) is 20.1. The molecule has 2 aromatic carbocycles. The van der Waals surface area contributed by atoms with Gasteiger partial charge in [-0.1, -0.05) is 29.4 Å². The monoisotopic (exact) mass is 388 g/mol. The first-order chi connectivity index (χ1) is 14.2. The third kappa shape index (κ3) is 4.52. The van der Waals surface area contributed by atoms with Gasteiger partial charge >= 0.3 is 0 Å². The molecule has 0 fully saturated rings. The number of carbonyl (C=O) groups excluding carboxylic acids is 1. The first-order valence-corrected chi connectivity index (χ1v) is 9.14. The Morgan fingerprint density at radius 1 is 1.17 bits per heavy atom. The average Bonchev–Trinajstić information content (AvgIpc) is 3.45. The molecule has 1 amide bonds. The lowest BCUT2D eigenvalue weighted by Crippen LogP contribution is -2.22. The van der Waals surface area contributed by atoms with Gasteiger partial charge in [0, 0.05) is 36.1 Å². The van der Waals surface area contributed by atoms with E-state index in [2.05, 4.69) is 15.5 Å². The van der Waals surface area contributed by atoms with Crippen LogP contribution in [-0.4, -0.2) is 27.7 Å². The number of rotatable bonds is 7. The largest absolute Gasteiger partial charge is 0.497 e. The van der Waals surface area contributed by atoms with Crippen LogP contribution < -0.4 is 10.1 Å². The standard InChI is InChI=1S/C22H20N4O3/c1-28-20-4-2-3-18(11-20)21-12-19(25-29-21)13-24-22(27)17-7-5-16(6-8-17)14-26-10-9-23-15-26/h2-12,15H,13-14H2,1H3,(H,24,27). The van der Waals surface area contributed by atoms with Crippen molar-refractivity contribution in [3.8, 4) is 17.1 Å². The molecular weight excluding hydrogens is 368 g/mol. The van der Waals surface area contributed by atoms with Crippen molar-refractivity contribution >= 4 is 5.91 Å². The second-order valence-electron chi connectivity index (χ2n) is 6.53. The van der Waals surface area contributed by atoms with Gasteiger partial charge in [0.25, 0.3) is 5.91 Å². The molecule has 0 bridgehead atoms. The van der Waals surface area contributed by atoms with Gasteiger partial charge in [0.15, 0.2) is 5.76 Å². The van der Waals surface area contributed by atoms with E-state index in [1.54, 1.807) is 19.6 Å². The molecule has 0 atom stereocenters. The van der Waals surface area contributed by atoms with Gasteiger partial charge in [-0.15, -0.1) is 0 Å². The fraction of sp³-hybridized carbons (Fsp3) is 0.136. The first-order valence-electron chi connectivity index (χ1n) is 9.14. The van der Waals surface area contributed by atoms with Crippen molar-refractivity contribution < 1.29 is 14.1 Å². The van der Waals surface area contributed by atoms with Gasteiger partial charge < -0.3 is 19.1 Å². The molecule has 0 radical (unpaired) electrons. The van der Waals surface area contributed by atoms with Gasteiger partial charge in [-0.2, -0.15) is 0 Å². The maximum atomic E-state index is 12.4. The van der Waals surface area contributed by atoms with E-state index in [1.165, 1.54) is 0 Å². The molecule has 0 saturated heterocycles. The number of hydrogen-bond donors (Lipinski definition) is 1. The number of imidazole rings is 1. The van der Waals surface area contributed by atoms with E-state index in [9.17, 15) is 4.79 Å². The summed E-state index contributed by atoms with van der Waals surface area (Å²) in [5, 5.41) is 6.90. The van der Waals surface area contributed by atoms with Crippen molar-refractivity contribution in [1.82, 2.24) is 20.0 Å². The van der Waals surface area contributed by atoms with E-state index in [1.807, 2.05) is 65.4 Å². The SMILES string of the molecule is COc1cccc(-c2cc(CNC(=O)c3ccc(Cn4ccnc4)cc3)no2)c1. The van der Waals surface area contributed by atoms with Crippen molar-refractivity contribution in [2.75, 3.05) is 7.11 Å². The number of aromatic nitrogens is 3. The fourth-order valence-electron chi connectivity index (χ4n) is 2.93. The molecule has 0 saturated carbocycles. The summed E-state index contributed by atoms with van der Waals surface area (Å²) in [4.78, 5) is 16.4. The highest BCUT2D eigenvalue weighted by molar-refractivity contribution is 5.94. The number of ether oxygens (including phenoxy) is 1. The van der Waals surface area contributed by atoms with E-state index in [-0.39, 0.29) is 12.5 Å². The van der Waals surface area contributed by atoms with Gasteiger partial charge in [-0.3, -0.25) is 4.79 Å². The lowest BCUT2D eigenvalue weighted by atomic mass is 10.1. The van der Waals surface area contributed by atoms with Crippen LogP contribution in [0.3, 0.4) is 0 Å². The Balaban J connectivity index is 1.35. The second-order valence-corrected chi connectivity index (χ2v) is 6.53. The Morgan fingerprint density at radius 2 is 2.03 bits per heavy atom. The molecule has 0 aliphatic heterocycles. The van der Waals surface area contributed by atoms with Gasteiger partial charge in [0.1, 0.15) is 11.4 Å². The van der Waals surface area contributed by atoms with Crippen LogP contribution in [0.1, 0.15) is 21.6 Å². The summed E-state index contributed by atoms with van der Waals surface area (Å²) in [5.74, 6) is 1.20. The summed E-state index contributed by atoms with van der Waals surface area (Å²) in [6, 6.07) is 16.8. The fourth-order valence-corrected chi connectivity index (χ4v) is 2.93. The molecule has 29 heavy (non-hydrogen) atoms. The van der Waals surface area contributed by atoms with Crippen LogP contribution in [0.25, 0.3) is 11.3 Å². The molecule has 0 spiro atoms. The van der Waals surface area contributed by atoms with Crippen LogP contribution in [0.15, 0.2) is 77.8 Å². The number of amides is 1. The van der Waals surface area contributed by atoms with Crippen molar-refractivity contribution in [2.24, 2.45) is 0 Å². The Labute approximate surface area is 167 Å².